The number of hydrogen-bond donors (Lipinski definition) is 2. The molecule has 1 heterocycles. The van der Waals surface area contributed by atoms with Gasteiger partial charge in [0.2, 0.25) is 5.91 Å². The highest BCUT2D eigenvalue weighted by molar-refractivity contribution is 5.95. The van der Waals surface area contributed by atoms with Crippen LogP contribution in [0.3, 0.4) is 0 Å². The van der Waals surface area contributed by atoms with Gasteiger partial charge in [0, 0.05) is 0 Å². The number of hydrogen-bond acceptors (Lipinski definition) is 4. The molecule has 0 aliphatic carbocycles. The van der Waals surface area contributed by atoms with Crippen molar-refractivity contribution < 1.29 is 31.9 Å². The van der Waals surface area contributed by atoms with Gasteiger partial charge in [-0.05, 0) is 37.3 Å². The minimum absolute atomic E-state index is 0.0219. The van der Waals surface area contributed by atoms with Gasteiger partial charge in [0.1, 0.15) is 18.4 Å². The molecule has 0 saturated heterocycles. The quantitative estimate of drug-likeness (QED) is 0.735. The Morgan fingerprint density at radius 1 is 1.23 bits per heavy atom. The summed E-state index contributed by atoms with van der Waals surface area (Å²) >= 11 is 0. The number of amides is 2. The first-order chi connectivity index (χ1) is 12.3. The van der Waals surface area contributed by atoms with Crippen LogP contribution in [0, 0.1) is 0 Å². The summed E-state index contributed by atoms with van der Waals surface area (Å²) in [7, 11) is 0. The van der Waals surface area contributed by atoms with Crippen LogP contribution in [-0.2, 0) is 11.0 Å². The van der Waals surface area contributed by atoms with Crippen molar-refractivity contribution in [3.05, 3.63) is 54.0 Å². The van der Waals surface area contributed by atoms with E-state index in [0.717, 1.165) is 12.1 Å². The van der Waals surface area contributed by atoms with Crippen LogP contribution in [0.2, 0.25) is 0 Å². The Balaban J connectivity index is 1.74. The average Bonchev–Trinajstić information content (AvgIpc) is 3.12. The van der Waals surface area contributed by atoms with Crippen molar-refractivity contribution >= 4 is 11.8 Å². The van der Waals surface area contributed by atoms with Gasteiger partial charge in [-0.15, -0.1) is 0 Å². The first-order valence-electron chi connectivity index (χ1n) is 7.69. The lowest BCUT2D eigenvalue weighted by molar-refractivity contribution is -0.137. The maximum absolute atomic E-state index is 12.6. The van der Waals surface area contributed by atoms with Gasteiger partial charge >= 0.3 is 6.18 Å². The molecule has 0 unspecified atom stereocenters. The zero-order valence-electron chi connectivity index (χ0n) is 13.8. The van der Waals surface area contributed by atoms with E-state index in [2.05, 4.69) is 10.6 Å². The van der Waals surface area contributed by atoms with Gasteiger partial charge in [-0.1, -0.05) is 6.07 Å². The second kappa shape index (κ2) is 8.41. The number of ether oxygens (including phenoxy) is 1. The maximum Gasteiger partial charge on any atom is 0.416 e. The molecule has 0 aliphatic heterocycles. The third-order valence-corrected chi connectivity index (χ3v) is 3.32. The molecule has 0 radical (unpaired) electrons. The van der Waals surface area contributed by atoms with Crippen molar-refractivity contribution in [2.24, 2.45) is 0 Å². The highest BCUT2D eigenvalue weighted by atomic mass is 19.4. The summed E-state index contributed by atoms with van der Waals surface area (Å²) in [5.74, 6) is -0.860. The molecule has 2 rings (SSSR count). The minimum Gasteiger partial charge on any atom is -0.492 e. The lowest BCUT2D eigenvalue weighted by Crippen LogP contribution is -2.45. The van der Waals surface area contributed by atoms with Gasteiger partial charge in [-0.25, -0.2) is 0 Å². The van der Waals surface area contributed by atoms with Gasteiger partial charge in [-0.2, -0.15) is 13.2 Å². The first-order valence-corrected chi connectivity index (χ1v) is 7.69. The SMILES string of the molecule is C[C@@H](NC(=O)c1ccco1)C(=O)NCCOc1cccc(C(F)(F)F)c1. The summed E-state index contributed by atoms with van der Waals surface area (Å²) in [6.07, 6.45) is -3.11. The largest absolute Gasteiger partial charge is 0.492 e. The summed E-state index contributed by atoms with van der Waals surface area (Å²) in [5.41, 5.74) is -0.812. The molecule has 6 nitrogen and oxygen atoms in total. The van der Waals surface area contributed by atoms with Crippen LogP contribution < -0.4 is 15.4 Å². The van der Waals surface area contributed by atoms with Crippen LogP contribution in [0.4, 0.5) is 13.2 Å². The Kier molecular flexibility index (Phi) is 6.26. The van der Waals surface area contributed by atoms with Crippen molar-refractivity contribution in [1.29, 1.82) is 0 Å². The van der Waals surface area contributed by atoms with Crippen molar-refractivity contribution in [3.63, 3.8) is 0 Å². The van der Waals surface area contributed by atoms with E-state index < -0.39 is 29.6 Å². The van der Waals surface area contributed by atoms with Gasteiger partial charge in [0.05, 0.1) is 18.4 Å². The molecule has 9 heteroatoms. The summed E-state index contributed by atoms with van der Waals surface area (Å²) < 4.78 is 47.9. The van der Waals surface area contributed by atoms with E-state index >= 15 is 0 Å². The maximum atomic E-state index is 12.6. The number of furan rings is 1. The molecule has 26 heavy (non-hydrogen) atoms. The first kappa shape index (κ1) is 19.4. The molecule has 1 aromatic heterocycles. The minimum atomic E-state index is -4.45. The molecule has 140 valence electrons. The van der Waals surface area contributed by atoms with Crippen molar-refractivity contribution in [1.82, 2.24) is 10.6 Å². The van der Waals surface area contributed by atoms with Gasteiger partial charge in [0.15, 0.2) is 5.76 Å². The number of benzene rings is 1. The molecular formula is C17H17F3N2O4. The standard InChI is InChI=1S/C17H17F3N2O4/c1-11(22-16(24)14-6-3-8-26-14)15(23)21-7-9-25-13-5-2-4-12(10-13)17(18,19)20/h2-6,8,10-11H,7,9H2,1H3,(H,21,23)(H,22,24)/t11-/m1/s1. The molecule has 0 saturated carbocycles. The molecule has 2 aromatic rings. The number of carbonyl (C=O) groups is 2. The Morgan fingerprint density at radius 3 is 2.65 bits per heavy atom. The zero-order valence-corrected chi connectivity index (χ0v) is 13.8. The molecule has 2 amide bonds. The summed E-state index contributed by atoms with van der Waals surface area (Å²) in [4.78, 5) is 23.6. The average molecular weight is 370 g/mol. The molecule has 0 spiro atoms. The third-order valence-electron chi connectivity index (χ3n) is 3.32. The van der Waals surface area contributed by atoms with Gasteiger partial charge in [0.25, 0.3) is 5.91 Å². The van der Waals surface area contributed by atoms with E-state index in [1.807, 2.05) is 0 Å². The second-order valence-electron chi connectivity index (χ2n) is 5.34. The monoisotopic (exact) mass is 370 g/mol. The van der Waals surface area contributed by atoms with Gasteiger partial charge in [-0.3, -0.25) is 9.59 Å². The molecule has 0 fully saturated rings. The van der Waals surface area contributed by atoms with Crippen molar-refractivity contribution in [2.75, 3.05) is 13.2 Å². The summed E-state index contributed by atoms with van der Waals surface area (Å²) in [6.45, 7) is 1.53. The Hall–Kier alpha value is -2.97. The van der Waals surface area contributed by atoms with E-state index in [4.69, 9.17) is 9.15 Å². The van der Waals surface area contributed by atoms with Crippen LogP contribution in [0.15, 0.2) is 47.1 Å². The number of rotatable bonds is 7. The van der Waals surface area contributed by atoms with E-state index in [1.54, 1.807) is 6.07 Å². The summed E-state index contributed by atoms with van der Waals surface area (Å²) in [6, 6.07) is 6.65. The van der Waals surface area contributed by atoms with Gasteiger partial charge < -0.3 is 19.8 Å². The number of carbonyl (C=O) groups excluding carboxylic acids is 2. The smallest absolute Gasteiger partial charge is 0.416 e. The van der Waals surface area contributed by atoms with Crippen molar-refractivity contribution in [3.8, 4) is 5.75 Å². The summed E-state index contributed by atoms with van der Waals surface area (Å²) in [5, 5.41) is 4.97. The topological polar surface area (TPSA) is 80.6 Å². The van der Waals surface area contributed by atoms with E-state index in [0.29, 0.717) is 0 Å². The highest BCUT2D eigenvalue weighted by Gasteiger charge is 2.30. The van der Waals surface area contributed by atoms with Crippen LogP contribution >= 0.6 is 0 Å². The molecule has 0 bridgehead atoms. The van der Waals surface area contributed by atoms with E-state index in [9.17, 15) is 22.8 Å². The number of nitrogens with one attached hydrogen (secondary N) is 2. The van der Waals surface area contributed by atoms with Crippen molar-refractivity contribution in [2.45, 2.75) is 19.1 Å². The normalized spacial score (nSPS) is 12.3. The lowest BCUT2D eigenvalue weighted by atomic mass is 10.2. The fraction of sp³-hybridized carbons (Fsp3) is 0.294. The molecule has 1 atom stereocenters. The molecule has 1 aromatic carbocycles. The van der Waals surface area contributed by atoms with Crippen LogP contribution in [0.5, 0.6) is 5.75 Å². The molecule has 2 N–H and O–H groups in total. The fourth-order valence-corrected chi connectivity index (χ4v) is 2.00. The van der Waals surface area contributed by atoms with E-state index in [1.165, 1.54) is 31.4 Å². The third kappa shape index (κ3) is 5.54. The van der Waals surface area contributed by atoms with Crippen LogP contribution in [0.25, 0.3) is 0 Å². The van der Waals surface area contributed by atoms with E-state index in [-0.39, 0.29) is 24.7 Å². The lowest BCUT2D eigenvalue weighted by Gasteiger charge is -2.14. The molecule has 0 aliphatic rings. The molecular weight excluding hydrogens is 353 g/mol. The van der Waals surface area contributed by atoms with Crippen LogP contribution in [0.1, 0.15) is 23.0 Å². The highest BCUT2D eigenvalue weighted by Crippen LogP contribution is 2.31. The Bertz CT molecular complexity index is 745. The number of alkyl halides is 3. The van der Waals surface area contributed by atoms with Crippen LogP contribution in [-0.4, -0.2) is 31.0 Å². The fourth-order valence-electron chi connectivity index (χ4n) is 2.00. The predicted molar refractivity (Wildman–Crippen MR) is 85.6 cm³/mol. The predicted octanol–water partition coefficient (Wildman–Crippen LogP) is 2.61. The Labute approximate surface area is 147 Å². The number of halogens is 3. The Morgan fingerprint density at radius 2 is 2.00 bits per heavy atom. The second-order valence-corrected chi connectivity index (χ2v) is 5.34. The zero-order chi connectivity index (χ0) is 19.2.